The van der Waals surface area contributed by atoms with E-state index in [0.717, 1.165) is 39.1 Å². The van der Waals surface area contributed by atoms with Gasteiger partial charge in [0.2, 0.25) is 5.91 Å². The van der Waals surface area contributed by atoms with Gasteiger partial charge in [-0.2, -0.15) is 0 Å². The van der Waals surface area contributed by atoms with Gasteiger partial charge in [-0.25, -0.2) is 0 Å². The fourth-order valence-corrected chi connectivity index (χ4v) is 2.95. The number of nitrogens with one attached hydrogen (secondary N) is 3. The molecule has 1 amide bonds. The summed E-state index contributed by atoms with van der Waals surface area (Å²) in [4.78, 5) is 14.4. The zero-order chi connectivity index (χ0) is 13.5. The summed E-state index contributed by atoms with van der Waals surface area (Å²) in [6.07, 6.45) is 5.07. The minimum Gasteiger partial charge on any atom is -0.355 e. The van der Waals surface area contributed by atoms with Gasteiger partial charge in [-0.15, -0.1) is 0 Å². The Bertz CT molecular complexity index is 279. The molecule has 2 atom stereocenters. The summed E-state index contributed by atoms with van der Waals surface area (Å²) in [6, 6.07) is 0.663. The lowest BCUT2D eigenvalue weighted by molar-refractivity contribution is -0.123. The van der Waals surface area contributed by atoms with Crippen LogP contribution in [0.1, 0.15) is 32.6 Å². The molecule has 0 aromatic heterocycles. The van der Waals surface area contributed by atoms with Crippen LogP contribution in [-0.2, 0) is 4.79 Å². The molecule has 2 unspecified atom stereocenters. The van der Waals surface area contributed by atoms with Crippen LogP contribution >= 0.6 is 0 Å². The van der Waals surface area contributed by atoms with E-state index in [1.165, 1.54) is 25.8 Å². The van der Waals surface area contributed by atoms with Crippen molar-refractivity contribution in [2.45, 2.75) is 44.7 Å². The average Bonchev–Trinajstić information content (AvgIpc) is 2.46. The number of amides is 1. The van der Waals surface area contributed by atoms with Gasteiger partial charge in [0, 0.05) is 38.8 Å². The van der Waals surface area contributed by atoms with E-state index in [4.69, 9.17) is 0 Å². The van der Waals surface area contributed by atoms with Crippen molar-refractivity contribution in [1.82, 2.24) is 20.9 Å². The van der Waals surface area contributed by atoms with Crippen LogP contribution in [0.25, 0.3) is 0 Å². The molecule has 0 aromatic carbocycles. The Morgan fingerprint density at radius 3 is 3.00 bits per heavy atom. The van der Waals surface area contributed by atoms with Gasteiger partial charge >= 0.3 is 0 Å². The molecule has 2 heterocycles. The van der Waals surface area contributed by atoms with Crippen molar-refractivity contribution < 1.29 is 4.79 Å². The number of hydrogen-bond acceptors (Lipinski definition) is 4. The molecule has 2 saturated heterocycles. The third kappa shape index (κ3) is 4.75. The molecule has 2 rings (SSSR count). The van der Waals surface area contributed by atoms with Gasteiger partial charge in [0.15, 0.2) is 0 Å². The maximum absolute atomic E-state index is 11.9. The Morgan fingerprint density at radius 1 is 1.37 bits per heavy atom. The summed E-state index contributed by atoms with van der Waals surface area (Å²) in [5, 5.41) is 9.50. The van der Waals surface area contributed by atoms with Gasteiger partial charge in [-0.1, -0.05) is 6.42 Å². The second kappa shape index (κ2) is 7.82. The Kier molecular flexibility index (Phi) is 6.07. The van der Waals surface area contributed by atoms with Crippen LogP contribution < -0.4 is 16.0 Å². The van der Waals surface area contributed by atoms with Crippen LogP contribution in [0.2, 0.25) is 0 Å². The van der Waals surface area contributed by atoms with Crippen LogP contribution in [0.15, 0.2) is 0 Å². The Balaban J connectivity index is 1.56. The summed E-state index contributed by atoms with van der Waals surface area (Å²) in [6.45, 7) is 8.02. The first-order valence-corrected chi connectivity index (χ1v) is 7.73. The second-order valence-corrected chi connectivity index (χ2v) is 5.74. The smallest absolute Gasteiger partial charge is 0.238 e. The summed E-state index contributed by atoms with van der Waals surface area (Å²) in [5.41, 5.74) is 0. The molecular weight excluding hydrogens is 240 g/mol. The fourth-order valence-electron chi connectivity index (χ4n) is 2.95. The zero-order valence-electron chi connectivity index (χ0n) is 12.1. The van der Waals surface area contributed by atoms with Crippen molar-refractivity contribution in [3.05, 3.63) is 0 Å². The highest BCUT2D eigenvalue weighted by molar-refractivity contribution is 5.82. The second-order valence-electron chi connectivity index (χ2n) is 5.74. The van der Waals surface area contributed by atoms with Gasteiger partial charge in [0.1, 0.15) is 0 Å². The highest BCUT2D eigenvalue weighted by Crippen LogP contribution is 2.15. The Hall–Kier alpha value is -0.650. The third-order valence-electron chi connectivity index (χ3n) is 4.22. The van der Waals surface area contributed by atoms with E-state index in [2.05, 4.69) is 27.8 Å². The van der Waals surface area contributed by atoms with Gasteiger partial charge in [0.05, 0.1) is 6.04 Å². The van der Waals surface area contributed by atoms with Crippen molar-refractivity contribution in [3.63, 3.8) is 0 Å². The van der Waals surface area contributed by atoms with Gasteiger partial charge in [0.25, 0.3) is 0 Å². The van der Waals surface area contributed by atoms with Crippen LogP contribution in [-0.4, -0.2) is 62.2 Å². The SMILES string of the molecule is CC1CCCCN1CCCNC(=O)C1CNCCN1. The number of piperazine rings is 1. The van der Waals surface area contributed by atoms with E-state index in [9.17, 15) is 4.79 Å². The van der Waals surface area contributed by atoms with Crippen LogP contribution in [0.5, 0.6) is 0 Å². The maximum Gasteiger partial charge on any atom is 0.238 e. The molecule has 19 heavy (non-hydrogen) atoms. The molecule has 5 nitrogen and oxygen atoms in total. The Morgan fingerprint density at radius 2 is 2.26 bits per heavy atom. The number of likely N-dealkylation sites (tertiary alicyclic amines) is 1. The number of piperidine rings is 1. The highest BCUT2D eigenvalue weighted by Gasteiger charge is 2.20. The molecule has 110 valence electrons. The largest absolute Gasteiger partial charge is 0.355 e. The highest BCUT2D eigenvalue weighted by atomic mass is 16.2. The molecule has 0 bridgehead atoms. The first kappa shape index (κ1) is 14.8. The van der Waals surface area contributed by atoms with E-state index in [-0.39, 0.29) is 11.9 Å². The van der Waals surface area contributed by atoms with Crippen LogP contribution in [0, 0.1) is 0 Å². The lowest BCUT2D eigenvalue weighted by Crippen LogP contribution is -2.55. The lowest BCUT2D eigenvalue weighted by Gasteiger charge is -2.33. The monoisotopic (exact) mass is 268 g/mol. The first-order chi connectivity index (χ1) is 9.27. The van der Waals surface area contributed by atoms with Crippen molar-refractivity contribution in [2.75, 3.05) is 39.3 Å². The number of rotatable bonds is 5. The minimum atomic E-state index is -0.0531. The van der Waals surface area contributed by atoms with Gasteiger partial charge in [-0.05, 0) is 32.7 Å². The molecule has 2 aliphatic rings. The number of nitrogens with zero attached hydrogens (tertiary/aromatic N) is 1. The lowest BCUT2D eigenvalue weighted by atomic mass is 10.0. The van der Waals surface area contributed by atoms with Crippen molar-refractivity contribution >= 4 is 5.91 Å². The molecule has 0 saturated carbocycles. The standard InChI is InChI=1S/C14H28N4O/c1-12-5-2-3-9-18(12)10-4-6-17-14(19)13-11-15-7-8-16-13/h12-13,15-16H,2-11H2,1H3,(H,17,19). The van der Waals surface area contributed by atoms with E-state index >= 15 is 0 Å². The zero-order valence-corrected chi connectivity index (χ0v) is 12.1. The Labute approximate surface area is 116 Å². The van der Waals surface area contributed by atoms with Gasteiger partial charge < -0.3 is 20.9 Å². The molecule has 0 radical (unpaired) electrons. The quantitative estimate of drug-likeness (QED) is 0.611. The number of hydrogen-bond donors (Lipinski definition) is 3. The summed E-state index contributed by atoms with van der Waals surface area (Å²) in [5.74, 6) is 0.138. The van der Waals surface area contributed by atoms with Crippen molar-refractivity contribution in [3.8, 4) is 0 Å². The molecule has 2 aliphatic heterocycles. The van der Waals surface area contributed by atoms with Crippen LogP contribution in [0.4, 0.5) is 0 Å². The number of carbonyl (C=O) groups excluding carboxylic acids is 1. The topological polar surface area (TPSA) is 56.4 Å². The maximum atomic E-state index is 11.9. The molecule has 0 aliphatic carbocycles. The first-order valence-electron chi connectivity index (χ1n) is 7.73. The minimum absolute atomic E-state index is 0.0531. The third-order valence-corrected chi connectivity index (χ3v) is 4.22. The average molecular weight is 268 g/mol. The molecular formula is C14H28N4O. The number of carbonyl (C=O) groups is 1. The summed E-state index contributed by atoms with van der Waals surface area (Å²) in [7, 11) is 0. The van der Waals surface area contributed by atoms with E-state index < -0.39 is 0 Å². The molecule has 2 fully saturated rings. The summed E-state index contributed by atoms with van der Waals surface area (Å²) < 4.78 is 0. The predicted molar refractivity (Wildman–Crippen MR) is 77.2 cm³/mol. The predicted octanol–water partition coefficient (Wildman–Crippen LogP) is -0.0715. The molecule has 0 aromatic rings. The summed E-state index contributed by atoms with van der Waals surface area (Å²) >= 11 is 0. The fraction of sp³-hybridized carbons (Fsp3) is 0.929. The van der Waals surface area contributed by atoms with Crippen LogP contribution in [0.3, 0.4) is 0 Å². The normalized spacial score (nSPS) is 29.1. The van der Waals surface area contributed by atoms with E-state index in [1.54, 1.807) is 0 Å². The van der Waals surface area contributed by atoms with E-state index in [0.29, 0.717) is 6.04 Å². The molecule has 5 heteroatoms. The van der Waals surface area contributed by atoms with Crippen molar-refractivity contribution in [2.24, 2.45) is 0 Å². The molecule has 0 spiro atoms. The molecule has 3 N–H and O–H groups in total. The van der Waals surface area contributed by atoms with E-state index in [1.807, 2.05) is 0 Å². The van der Waals surface area contributed by atoms with Crippen molar-refractivity contribution in [1.29, 1.82) is 0 Å². The van der Waals surface area contributed by atoms with Gasteiger partial charge in [-0.3, -0.25) is 4.79 Å².